The zero-order chi connectivity index (χ0) is 12.8. The monoisotopic (exact) mass is 237 g/mol. The Kier molecular flexibility index (Phi) is 5.72. The van der Waals surface area contributed by atoms with Gasteiger partial charge in [0.05, 0.1) is 0 Å². The number of aryl methyl sites for hydroxylation is 1. The average molecular weight is 237 g/mol. The largest absolute Gasteiger partial charge is 0.357 e. The van der Waals surface area contributed by atoms with E-state index in [1.165, 1.54) is 5.56 Å². The SMILES string of the molecule is CC(C)N(CCNCc1ccn(C)c1)C(C)C. The molecule has 17 heavy (non-hydrogen) atoms. The first-order valence-electron chi connectivity index (χ1n) is 6.58. The number of nitrogens with one attached hydrogen (secondary N) is 1. The van der Waals surface area contributed by atoms with Crippen molar-refractivity contribution in [1.82, 2.24) is 14.8 Å². The van der Waals surface area contributed by atoms with Gasteiger partial charge in [-0.05, 0) is 39.3 Å². The third-order valence-electron chi connectivity index (χ3n) is 3.10. The van der Waals surface area contributed by atoms with Crippen LogP contribution in [0.3, 0.4) is 0 Å². The smallest absolute Gasteiger partial charge is 0.0221 e. The Bertz CT molecular complexity index is 307. The number of rotatable bonds is 7. The number of hydrogen-bond acceptors (Lipinski definition) is 2. The minimum Gasteiger partial charge on any atom is -0.357 e. The highest BCUT2D eigenvalue weighted by molar-refractivity contribution is 5.09. The Balaban J connectivity index is 2.23. The molecule has 0 aliphatic heterocycles. The molecule has 3 heteroatoms. The first kappa shape index (κ1) is 14.3. The fourth-order valence-corrected chi connectivity index (χ4v) is 2.22. The molecular weight excluding hydrogens is 210 g/mol. The highest BCUT2D eigenvalue weighted by Gasteiger charge is 2.11. The summed E-state index contributed by atoms with van der Waals surface area (Å²) in [5, 5.41) is 3.50. The van der Waals surface area contributed by atoms with Crippen LogP contribution in [0, 0.1) is 0 Å². The van der Waals surface area contributed by atoms with Gasteiger partial charge in [-0.3, -0.25) is 4.90 Å². The van der Waals surface area contributed by atoms with Gasteiger partial charge >= 0.3 is 0 Å². The first-order chi connectivity index (χ1) is 8.00. The minimum atomic E-state index is 0.619. The number of nitrogens with zero attached hydrogens (tertiary/aromatic N) is 2. The third-order valence-corrected chi connectivity index (χ3v) is 3.10. The van der Waals surface area contributed by atoms with Gasteiger partial charge in [0.1, 0.15) is 0 Å². The lowest BCUT2D eigenvalue weighted by atomic mass is 10.2. The van der Waals surface area contributed by atoms with Crippen LogP contribution in [0.1, 0.15) is 33.3 Å². The van der Waals surface area contributed by atoms with Gasteiger partial charge in [0, 0.05) is 51.2 Å². The Morgan fingerprint density at radius 3 is 2.35 bits per heavy atom. The van der Waals surface area contributed by atoms with Gasteiger partial charge in [-0.15, -0.1) is 0 Å². The summed E-state index contributed by atoms with van der Waals surface area (Å²) >= 11 is 0. The van der Waals surface area contributed by atoms with Crippen molar-refractivity contribution in [3.8, 4) is 0 Å². The van der Waals surface area contributed by atoms with Crippen molar-refractivity contribution >= 4 is 0 Å². The summed E-state index contributed by atoms with van der Waals surface area (Å²) in [4.78, 5) is 2.51. The van der Waals surface area contributed by atoms with Crippen molar-refractivity contribution in [2.45, 2.75) is 46.3 Å². The predicted octanol–water partition coefficient (Wildman–Crippen LogP) is 2.23. The van der Waals surface area contributed by atoms with Crippen LogP contribution in [0.25, 0.3) is 0 Å². The Labute approximate surface area is 106 Å². The molecular formula is C14H27N3. The van der Waals surface area contributed by atoms with Crippen LogP contribution < -0.4 is 5.32 Å². The fraction of sp³-hybridized carbons (Fsp3) is 0.714. The zero-order valence-electron chi connectivity index (χ0n) is 11.9. The lowest BCUT2D eigenvalue weighted by Crippen LogP contribution is -2.41. The van der Waals surface area contributed by atoms with E-state index in [0.717, 1.165) is 19.6 Å². The topological polar surface area (TPSA) is 20.2 Å². The molecule has 1 N–H and O–H groups in total. The van der Waals surface area contributed by atoms with Crippen molar-refractivity contribution in [3.05, 3.63) is 24.0 Å². The molecule has 0 aromatic carbocycles. The van der Waals surface area contributed by atoms with E-state index in [1.807, 2.05) is 0 Å². The molecule has 1 aromatic rings. The van der Waals surface area contributed by atoms with Gasteiger partial charge in [0.2, 0.25) is 0 Å². The molecule has 0 bridgehead atoms. The van der Waals surface area contributed by atoms with E-state index < -0.39 is 0 Å². The number of hydrogen-bond donors (Lipinski definition) is 1. The maximum atomic E-state index is 3.50. The summed E-state index contributed by atoms with van der Waals surface area (Å²) < 4.78 is 2.09. The summed E-state index contributed by atoms with van der Waals surface area (Å²) in [6, 6.07) is 3.40. The minimum absolute atomic E-state index is 0.619. The lowest BCUT2D eigenvalue weighted by molar-refractivity contribution is 0.176. The molecule has 0 saturated heterocycles. The Morgan fingerprint density at radius 2 is 1.88 bits per heavy atom. The van der Waals surface area contributed by atoms with E-state index >= 15 is 0 Å². The molecule has 1 aromatic heterocycles. The number of aromatic nitrogens is 1. The first-order valence-corrected chi connectivity index (χ1v) is 6.58. The standard InChI is InChI=1S/C14H27N3/c1-12(2)17(13(3)4)9-7-15-10-14-6-8-16(5)11-14/h6,8,11-13,15H,7,9-10H2,1-5H3. The Hall–Kier alpha value is -0.800. The van der Waals surface area contributed by atoms with Crippen molar-refractivity contribution in [1.29, 1.82) is 0 Å². The molecule has 98 valence electrons. The summed E-state index contributed by atoms with van der Waals surface area (Å²) in [7, 11) is 2.06. The highest BCUT2D eigenvalue weighted by atomic mass is 15.2. The van der Waals surface area contributed by atoms with Gasteiger partial charge in [0.15, 0.2) is 0 Å². The lowest BCUT2D eigenvalue weighted by Gasteiger charge is -2.30. The molecule has 0 saturated carbocycles. The van der Waals surface area contributed by atoms with Crippen LogP contribution in [-0.2, 0) is 13.6 Å². The normalized spacial score (nSPS) is 12.0. The molecule has 3 nitrogen and oxygen atoms in total. The van der Waals surface area contributed by atoms with E-state index in [1.54, 1.807) is 0 Å². The van der Waals surface area contributed by atoms with Crippen molar-refractivity contribution in [3.63, 3.8) is 0 Å². The zero-order valence-corrected chi connectivity index (χ0v) is 11.9. The van der Waals surface area contributed by atoms with Gasteiger partial charge in [-0.25, -0.2) is 0 Å². The second kappa shape index (κ2) is 6.82. The summed E-state index contributed by atoms with van der Waals surface area (Å²) in [6.45, 7) is 12.2. The molecule has 0 spiro atoms. The molecule has 0 fully saturated rings. The molecule has 0 radical (unpaired) electrons. The van der Waals surface area contributed by atoms with Crippen molar-refractivity contribution < 1.29 is 0 Å². The summed E-state index contributed by atoms with van der Waals surface area (Å²) in [5.74, 6) is 0. The third kappa shape index (κ3) is 4.92. The van der Waals surface area contributed by atoms with Crippen molar-refractivity contribution in [2.24, 2.45) is 7.05 Å². The van der Waals surface area contributed by atoms with E-state index in [2.05, 4.69) is 68.0 Å². The molecule has 1 heterocycles. The summed E-state index contributed by atoms with van der Waals surface area (Å²) in [6.07, 6.45) is 4.25. The van der Waals surface area contributed by atoms with Crippen LogP contribution in [0.4, 0.5) is 0 Å². The second-order valence-corrected chi connectivity index (χ2v) is 5.29. The molecule has 0 atom stereocenters. The predicted molar refractivity (Wildman–Crippen MR) is 74.1 cm³/mol. The quantitative estimate of drug-likeness (QED) is 0.734. The van der Waals surface area contributed by atoms with Gasteiger partial charge < -0.3 is 9.88 Å². The van der Waals surface area contributed by atoms with E-state index in [0.29, 0.717) is 12.1 Å². The van der Waals surface area contributed by atoms with Crippen LogP contribution in [0.15, 0.2) is 18.5 Å². The molecule has 0 unspecified atom stereocenters. The average Bonchev–Trinajstić information content (AvgIpc) is 2.62. The van der Waals surface area contributed by atoms with Gasteiger partial charge in [0.25, 0.3) is 0 Å². The van der Waals surface area contributed by atoms with E-state index in [4.69, 9.17) is 0 Å². The molecule has 0 aliphatic rings. The fourth-order valence-electron chi connectivity index (χ4n) is 2.22. The van der Waals surface area contributed by atoms with Crippen LogP contribution >= 0.6 is 0 Å². The van der Waals surface area contributed by atoms with Gasteiger partial charge in [-0.2, -0.15) is 0 Å². The van der Waals surface area contributed by atoms with Crippen LogP contribution in [0.5, 0.6) is 0 Å². The van der Waals surface area contributed by atoms with E-state index in [9.17, 15) is 0 Å². The van der Waals surface area contributed by atoms with Crippen LogP contribution in [0.2, 0.25) is 0 Å². The second-order valence-electron chi connectivity index (χ2n) is 5.29. The molecule has 0 amide bonds. The van der Waals surface area contributed by atoms with Crippen molar-refractivity contribution in [2.75, 3.05) is 13.1 Å². The van der Waals surface area contributed by atoms with Gasteiger partial charge in [-0.1, -0.05) is 0 Å². The Morgan fingerprint density at radius 1 is 1.24 bits per heavy atom. The maximum Gasteiger partial charge on any atom is 0.0221 e. The summed E-state index contributed by atoms with van der Waals surface area (Å²) in [5.41, 5.74) is 1.35. The van der Waals surface area contributed by atoms with Crippen LogP contribution in [-0.4, -0.2) is 34.6 Å². The molecule has 1 rings (SSSR count). The van der Waals surface area contributed by atoms with E-state index in [-0.39, 0.29) is 0 Å². The maximum absolute atomic E-state index is 3.50. The highest BCUT2D eigenvalue weighted by Crippen LogP contribution is 2.03. The molecule has 0 aliphatic carbocycles.